The Morgan fingerprint density at radius 3 is 2.65 bits per heavy atom. The van der Waals surface area contributed by atoms with Gasteiger partial charge < -0.3 is 0 Å². The maximum Gasteiger partial charge on any atom is 0.272 e. The average molecular weight is 372 g/mol. The molecule has 1 aliphatic rings. The third kappa shape index (κ3) is 3.32. The Labute approximate surface area is 156 Å². The SMILES string of the molecule is CC(=O)N1N=C(c2ccc([N+](=O)[O-])c(C)c2)c2cc(Cl)ccc2CC1C. The fourth-order valence-electron chi connectivity index (χ4n) is 3.21. The van der Waals surface area contributed by atoms with Gasteiger partial charge in [0.1, 0.15) is 0 Å². The van der Waals surface area contributed by atoms with Crippen molar-refractivity contribution in [2.45, 2.75) is 33.2 Å². The Morgan fingerprint density at radius 2 is 2.04 bits per heavy atom. The summed E-state index contributed by atoms with van der Waals surface area (Å²) in [7, 11) is 0. The number of nitrogens with zero attached hydrogens (tertiary/aromatic N) is 3. The summed E-state index contributed by atoms with van der Waals surface area (Å²) in [4.78, 5) is 22.8. The van der Waals surface area contributed by atoms with Crippen LogP contribution in [0.5, 0.6) is 0 Å². The molecule has 2 aromatic carbocycles. The highest BCUT2D eigenvalue weighted by Crippen LogP contribution is 2.28. The molecule has 0 saturated carbocycles. The zero-order valence-electron chi connectivity index (χ0n) is 14.7. The smallest absolute Gasteiger partial charge is 0.272 e. The van der Waals surface area contributed by atoms with E-state index in [0.29, 0.717) is 28.3 Å². The Kier molecular flexibility index (Phi) is 4.78. The molecule has 0 aliphatic carbocycles. The number of carbonyl (C=O) groups is 1. The van der Waals surface area contributed by atoms with Crippen molar-refractivity contribution in [2.24, 2.45) is 5.10 Å². The minimum atomic E-state index is -0.414. The predicted molar refractivity (Wildman–Crippen MR) is 101 cm³/mol. The number of aryl methyl sites for hydroxylation is 1. The maximum absolute atomic E-state index is 12.1. The van der Waals surface area contributed by atoms with Gasteiger partial charge in [0.2, 0.25) is 5.91 Å². The van der Waals surface area contributed by atoms with E-state index in [1.54, 1.807) is 19.1 Å². The Bertz CT molecular complexity index is 940. The molecule has 134 valence electrons. The van der Waals surface area contributed by atoms with Crippen LogP contribution in [0.15, 0.2) is 41.5 Å². The van der Waals surface area contributed by atoms with Gasteiger partial charge in [0.05, 0.1) is 16.7 Å². The average Bonchev–Trinajstić information content (AvgIpc) is 2.70. The van der Waals surface area contributed by atoms with E-state index in [4.69, 9.17) is 11.6 Å². The summed E-state index contributed by atoms with van der Waals surface area (Å²) < 4.78 is 0. The lowest BCUT2D eigenvalue weighted by Gasteiger charge is -2.21. The summed E-state index contributed by atoms with van der Waals surface area (Å²) in [6, 6.07) is 10.3. The summed E-state index contributed by atoms with van der Waals surface area (Å²) in [6.45, 7) is 5.10. The predicted octanol–water partition coefficient (Wildman–Crippen LogP) is 4.10. The quantitative estimate of drug-likeness (QED) is 0.589. The van der Waals surface area contributed by atoms with E-state index in [1.165, 1.54) is 18.0 Å². The molecule has 0 aromatic heterocycles. The van der Waals surface area contributed by atoms with Crippen LogP contribution >= 0.6 is 11.6 Å². The Balaban J connectivity index is 2.23. The monoisotopic (exact) mass is 371 g/mol. The molecule has 0 N–H and O–H groups in total. The molecule has 3 rings (SSSR count). The summed E-state index contributed by atoms with van der Waals surface area (Å²) in [5.74, 6) is -0.160. The van der Waals surface area contributed by atoms with Crippen molar-refractivity contribution >= 4 is 28.9 Å². The van der Waals surface area contributed by atoms with Crippen LogP contribution in [0.4, 0.5) is 5.69 Å². The molecule has 1 aliphatic heterocycles. The minimum Gasteiger partial charge on any atom is -0.273 e. The van der Waals surface area contributed by atoms with Crippen molar-refractivity contribution < 1.29 is 9.72 Å². The third-order valence-electron chi connectivity index (χ3n) is 4.46. The molecule has 26 heavy (non-hydrogen) atoms. The molecule has 0 bridgehead atoms. The van der Waals surface area contributed by atoms with Crippen LogP contribution in [0, 0.1) is 17.0 Å². The molecule has 1 amide bonds. The van der Waals surface area contributed by atoms with Crippen molar-refractivity contribution in [3.05, 3.63) is 73.8 Å². The van der Waals surface area contributed by atoms with E-state index in [1.807, 2.05) is 25.1 Å². The lowest BCUT2D eigenvalue weighted by Crippen LogP contribution is -2.33. The van der Waals surface area contributed by atoms with Crippen molar-refractivity contribution in [1.82, 2.24) is 5.01 Å². The van der Waals surface area contributed by atoms with Gasteiger partial charge in [-0.2, -0.15) is 5.10 Å². The fraction of sp³-hybridized carbons (Fsp3) is 0.263. The molecule has 1 atom stereocenters. The van der Waals surface area contributed by atoms with Gasteiger partial charge in [-0.1, -0.05) is 17.7 Å². The van der Waals surface area contributed by atoms with Gasteiger partial charge in [-0.05, 0) is 50.1 Å². The Hall–Kier alpha value is -2.73. The molecule has 1 unspecified atom stereocenters. The van der Waals surface area contributed by atoms with Gasteiger partial charge in [0, 0.05) is 34.7 Å². The first-order valence-electron chi connectivity index (χ1n) is 8.20. The molecule has 0 saturated heterocycles. The van der Waals surface area contributed by atoms with Crippen LogP contribution in [0.2, 0.25) is 5.02 Å². The number of benzene rings is 2. The minimum absolute atomic E-state index is 0.0473. The second kappa shape index (κ2) is 6.88. The van der Waals surface area contributed by atoms with E-state index in [2.05, 4.69) is 5.10 Å². The van der Waals surface area contributed by atoms with Gasteiger partial charge in [0.25, 0.3) is 5.69 Å². The first-order valence-corrected chi connectivity index (χ1v) is 8.58. The van der Waals surface area contributed by atoms with Crippen LogP contribution in [0.1, 0.15) is 36.1 Å². The second-order valence-corrected chi connectivity index (χ2v) is 6.86. The van der Waals surface area contributed by atoms with Crippen LogP contribution in [-0.4, -0.2) is 27.6 Å². The van der Waals surface area contributed by atoms with E-state index < -0.39 is 4.92 Å². The topological polar surface area (TPSA) is 75.8 Å². The summed E-state index contributed by atoms with van der Waals surface area (Å²) in [6.07, 6.45) is 0.644. The van der Waals surface area contributed by atoms with Crippen molar-refractivity contribution in [1.29, 1.82) is 0 Å². The van der Waals surface area contributed by atoms with Gasteiger partial charge in [-0.15, -0.1) is 0 Å². The standard InChI is InChI=1S/C19H18ClN3O3/c1-11-8-15(5-7-18(11)23(25)26)19-17-10-16(20)6-4-14(17)9-12(2)22(21-19)13(3)24/h4-8,10,12H,9H2,1-3H3. The van der Waals surface area contributed by atoms with Gasteiger partial charge >= 0.3 is 0 Å². The van der Waals surface area contributed by atoms with E-state index in [9.17, 15) is 14.9 Å². The normalized spacial score (nSPS) is 16.5. The van der Waals surface area contributed by atoms with Crippen molar-refractivity contribution in [2.75, 3.05) is 0 Å². The molecular weight excluding hydrogens is 354 g/mol. The number of fused-ring (bicyclic) bond motifs is 1. The van der Waals surface area contributed by atoms with Crippen LogP contribution in [-0.2, 0) is 11.2 Å². The fourth-order valence-corrected chi connectivity index (χ4v) is 3.39. The summed E-state index contributed by atoms with van der Waals surface area (Å²) in [5, 5.41) is 17.7. The molecule has 0 spiro atoms. The Morgan fingerprint density at radius 1 is 1.31 bits per heavy atom. The van der Waals surface area contributed by atoms with Gasteiger partial charge in [0.15, 0.2) is 0 Å². The number of hydrogen-bond donors (Lipinski definition) is 0. The number of rotatable bonds is 2. The van der Waals surface area contributed by atoms with E-state index in [-0.39, 0.29) is 17.6 Å². The van der Waals surface area contributed by atoms with E-state index in [0.717, 1.165) is 11.1 Å². The molecule has 6 nitrogen and oxygen atoms in total. The highest BCUT2D eigenvalue weighted by Gasteiger charge is 2.26. The number of hydrogen-bond acceptors (Lipinski definition) is 4. The van der Waals surface area contributed by atoms with Crippen molar-refractivity contribution in [3.8, 4) is 0 Å². The lowest BCUT2D eigenvalue weighted by atomic mass is 9.94. The number of nitro benzene ring substituents is 1. The number of amides is 1. The number of nitro groups is 1. The van der Waals surface area contributed by atoms with Crippen LogP contribution < -0.4 is 0 Å². The van der Waals surface area contributed by atoms with Gasteiger partial charge in [-0.25, -0.2) is 5.01 Å². The summed E-state index contributed by atoms with van der Waals surface area (Å²) in [5.41, 5.74) is 3.73. The molecule has 0 radical (unpaired) electrons. The molecule has 7 heteroatoms. The molecular formula is C19H18ClN3O3. The molecule has 2 aromatic rings. The zero-order valence-corrected chi connectivity index (χ0v) is 15.4. The first-order chi connectivity index (χ1) is 12.3. The lowest BCUT2D eigenvalue weighted by molar-refractivity contribution is -0.385. The molecule has 0 fully saturated rings. The van der Waals surface area contributed by atoms with Crippen LogP contribution in [0.3, 0.4) is 0 Å². The largest absolute Gasteiger partial charge is 0.273 e. The maximum atomic E-state index is 12.1. The highest BCUT2D eigenvalue weighted by molar-refractivity contribution is 6.31. The summed E-state index contributed by atoms with van der Waals surface area (Å²) >= 11 is 6.19. The number of carbonyl (C=O) groups excluding carboxylic acids is 1. The second-order valence-electron chi connectivity index (χ2n) is 6.43. The van der Waals surface area contributed by atoms with Gasteiger partial charge in [-0.3, -0.25) is 14.9 Å². The number of halogens is 1. The van der Waals surface area contributed by atoms with E-state index >= 15 is 0 Å². The highest BCUT2D eigenvalue weighted by atomic mass is 35.5. The number of hydrazone groups is 1. The first kappa shape index (κ1) is 18.1. The zero-order chi connectivity index (χ0) is 19.0. The van der Waals surface area contributed by atoms with Crippen LogP contribution in [0.25, 0.3) is 0 Å². The third-order valence-corrected chi connectivity index (χ3v) is 4.69. The van der Waals surface area contributed by atoms with Crippen molar-refractivity contribution in [3.63, 3.8) is 0 Å². The molecule has 1 heterocycles.